The van der Waals surface area contributed by atoms with Gasteiger partial charge in [-0.1, -0.05) is 63.0 Å². The van der Waals surface area contributed by atoms with Crippen molar-refractivity contribution >= 4 is 34.9 Å². The summed E-state index contributed by atoms with van der Waals surface area (Å²) in [5.74, 6) is 0.815. The third kappa shape index (κ3) is 7.11. The number of carbonyl (C=O) groups is 1. The molecule has 3 rings (SSSR count). The van der Waals surface area contributed by atoms with Gasteiger partial charge in [0.1, 0.15) is 11.5 Å². The highest BCUT2D eigenvalue weighted by molar-refractivity contribution is 6.36. The summed E-state index contributed by atoms with van der Waals surface area (Å²) in [5.41, 5.74) is 2.60. The first-order valence-electron chi connectivity index (χ1n) is 10.3. The maximum absolute atomic E-state index is 12.0. The fourth-order valence-corrected chi connectivity index (χ4v) is 3.51. The lowest BCUT2D eigenvalue weighted by molar-refractivity contribution is -0.118. The summed E-state index contributed by atoms with van der Waals surface area (Å²) in [6.07, 6.45) is 2.02. The van der Waals surface area contributed by atoms with Gasteiger partial charge in [0, 0.05) is 22.7 Å². The van der Waals surface area contributed by atoms with Crippen molar-refractivity contribution in [2.75, 3.05) is 11.9 Å². The predicted molar refractivity (Wildman–Crippen MR) is 129 cm³/mol. The Morgan fingerprint density at radius 1 is 1.12 bits per heavy atom. The van der Waals surface area contributed by atoms with E-state index in [1.807, 2.05) is 39.8 Å². The number of amides is 1. The number of phenols is 1. The fraction of sp³-hybridized carbons (Fsp3) is 0.292. The van der Waals surface area contributed by atoms with Gasteiger partial charge in [0.25, 0.3) is 5.91 Å². The third-order valence-corrected chi connectivity index (χ3v) is 5.09. The fourth-order valence-electron chi connectivity index (χ4n) is 2.91. The summed E-state index contributed by atoms with van der Waals surface area (Å²) >= 11 is 12.9. The van der Waals surface area contributed by atoms with Gasteiger partial charge >= 0.3 is 0 Å². The summed E-state index contributed by atoms with van der Waals surface area (Å²) in [7, 11) is 0. The van der Waals surface area contributed by atoms with E-state index in [2.05, 4.69) is 15.5 Å². The number of aromatic nitrogens is 2. The highest BCUT2D eigenvalue weighted by Gasteiger charge is 2.13. The van der Waals surface area contributed by atoms with E-state index in [0.29, 0.717) is 28.0 Å². The van der Waals surface area contributed by atoms with Crippen molar-refractivity contribution in [1.29, 1.82) is 0 Å². The lowest BCUT2D eigenvalue weighted by Crippen LogP contribution is -2.20. The molecule has 0 atom stereocenters. The van der Waals surface area contributed by atoms with Gasteiger partial charge in [0.15, 0.2) is 12.4 Å². The number of halogens is 2. The lowest BCUT2D eigenvalue weighted by Gasteiger charge is -2.14. The molecule has 32 heavy (non-hydrogen) atoms. The molecule has 0 saturated carbocycles. The summed E-state index contributed by atoms with van der Waals surface area (Å²) in [5, 5.41) is 20.9. The Labute approximate surface area is 198 Å². The molecule has 170 valence electrons. The average molecular weight is 476 g/mol. The SMILES string of the molecule is CC.CC(C)c1cc(Cc2c(Cl)cc(OCC(=O)Nc3cccnn3)cc2Cl)ccc1O. The minimum atomic E-state index is -0.378. The Morgan fingerprint density at radius 3 is 2.41 bits per heavy atom. The molecule has 6 nitrogen and oxygen atoms in total. The minimum Gasteiger partial charge on any atom is -0.508 e. The normalized spacial score (nSPS) is 10.3. The summed E-state index contributed by atoms with van der Waals surface area (Å²) in [6, 6.07) is 12.0. The van der Waals surface area contributed by atoms with Crippen LogP contribution in [-0.2, 0) is 11.2 Å². The molecule has 0 aliphatic carbocycles. The van der Waals surface area contributed by atoms with Crippen LogP contribution in [0.15, 0.2) is 48.7 Å². The zero-order valence-corrected chi connectivity index (χ0v) is 20.0. The van der Waals surface area contributed by atoms with Crippen LogP contribution in [0, 0.1) is 0 Å². The second kappa shape index (κ2) is 12.3. The molecule has 0 unspecified atom stereocenters. The molecule has 3 aromatic rings. The van der Waals surface area contributed by atoms with Gasteiger partial charge in [-0.2, -0.15) is 5.10 Å². The number of nitrogens with one attached hydrogen (secondary N) is 1. The maximum Gasteiger partial charge on any atom is 0.263 e. The second-order valence-corrected chi connectivity index (χ2v) is 7.85. The van der Waals surface area contributed by atoms with Crippen molar-refractivity contribution in [3.8, 4) is 11.5 Å². The van der Waals surface area contributed by atoms with Crippen molar-refractivity contribution in [2.45, 2.75) is 40.0 Å². The zero-order chi connectivity index (χ0) is 23.7. The van der Waals surface area contributed by atoms with E-state index in [1.54, 1.807) is 30.3 Å². The van der Waals surface area contributed by atoms with Crippen LogP contribution in [0.3, 0.4) is 0 Å². The van der Waals surface area contributed by atoms with Crippen molar-refractivity contribution < 1.29 is 14.6 Å². The largest absolute Gasteiger partial charge is 0.508 e. The second-order valence-electron chi connectivity index (χ2n) is 7.04. The Kier molecular flexibility index (Phi) is 9.75. The predicted octanol–water partition coefficient (Wildman–Crippen LogP) is 6.25. The number of hydrogen-bond donors (Lipinski definition) is 2. The zero-order valence-electron chi connectivity index (χ0n) is 18.5. The van der Waals surface area contributed by atoms with Crippen molar-refractivity contribution in [3.05, 3.63) is 75.4 Å². The molecular formula is C24H27Cl2N3O3. The van der Waals surface area contributed by atoms with E-state index < -0.39 is 0 Å². The Hall–Kier alpha value is -2.83. The monoisotopic (exact) mass is 475 g/mol. The van der Waals surface area contributed by atoms with Crippen molar-refractivity contribution in [2.24, 2.45) is 0 Å². The Bertz CT molecular complexity index is 1020. The highest BCUT2D eigenvalue weighted by Crippen LogP contribution is 2.34. The molecule has 1 aromatic heterocycles. The van der Waals surface area contributed by atoms with E-state index in [1.165, 1.54) is 6.20 Å². The first-order chi connectivity index (χ1) is 15.3. The van der Waals surface area contributed by atoms with Crippen molar-refractivity contribution in [3.63, 3.8) is 0 Å². The van der Waals surface area contributed by atoms with Crippen LogP contribution in [0.25, 0.3) is 0 Å². The van der Waals surface area contributed by atoms with Gasteiger partial charge < -0.3 is 15.2 Å². The number of benzene rings is 2. The van der Waals surface area contributed by atoms with Gasteiger partial charge in [-0.05, 0) is 52.9 Å². The Morgan fingerprint density at radius 2 is 1.81 bits per heavy atom. The van der Waals surface area contributed by atoms with Crippen LogP contribution in [-0.4, -0.2) is 27.8 Å². The molecule has 0 spiro atoms. The smallest absolute Gasteiger partial charge is 0.263 e. The van der Waals surface area contributed by atoms with Gasteiger partial charge in [-0.15, -0.1) is 5.10 Å². The molecule has 2 N–H and O–H groups in total. The van der Waals surface area contributed by atoms with Gasteiger partial charge in [0.05, 0.1) is 0 Å². The first kappa shape index (κ1) is 25.4. The molecule has 0 aliphatic rings. The first-order valence-corrected chi connectivity index (χ1v) is 11.1. The topological polar surface area (TPSA) is 84.3 Å². The van der Waals surface area contributed by atoms with Crippen LogP contribution in [0.2, 0.25) is 10.0 Å². The molecule has 0 saturated heterocycles. The molecule has 8 heteroatoms. The quantitative estimate of drug-likeness (QED) is 0.421. The molecule has 0 aliphatic heterocycles. The summed E-state index contributed by atoms with van der Waals surface area (Å²) in [6.45, 7) is 7.81. The molecule has 2 aromatic carbocycles. The van der Waals surface area contributed by atoms with Gasteiger partial charge in [0.2, 0.25) is 0 Å². The molecule has 0 radical (unpaired) electrons. The number of anilines is 1. The van der Waals surface area contributed by atoms with Crippen LogP contribution in [0.1, 0.15) is 50.3 Å². The number of hydrogen-bond acceptors (Lipinski definition) is 5. The molecule has 0 fully saturated rings. The van der Waals surface area contributed by atoms with Crippen molar-refractivity contribution in [1.82, 2.24) is 10.2 Å². The van der Waals surface area contributed by atoms with Gasteiger partial charge in [-0.3, -0.25) is 4.79 Å². The number of aromatic hydroxyl groups is 1. The summed E-state index contributed by atoms with van der Waals surface area (Å²) < 4.78 is 5.51. The third-order valence-electron chi connectivity index (χ3n) is 4.42. The number of rotatable bonds is 7. The molecule has 1 amide bonds. The average Bonchev–Trinajstić information content (AvgIpc) is 2.78. The lowest BCUT2D eigenvalue weighted by atomic mass is 9.96. The van der Waals surface area contributed by atoms with Crippen LogP contribution in [0.4, 0.5) is 5.82 Å². The van der Waals surface area contributed by atoms with Crippen LogP contribution in [0.5, 0.6) is 11.5 Å². The van der Waals surface area contributed by atoms with E-state index in [4.69, 9.17) is 27.9 Å². The molecular weight excluding hydrogens is 449 g/mol. The Balaban J connectivity index is 0.00000176. The number of carbonyl (C=O) groups excluding carboxylic acids is 1. The van der Waals surface area contributed by atoms with Crippen LogP contribution < -0.4 is 10.1 Å². The molecule has 1 heterocycles. The minimum absolute atomic E-state index is 0.194. The van der Waals surface area contributed by atoms with E-state index in [-0.39, 0.29) is 24.2 Å². The van der Waals surface area contributed by atoms with E-state index in [0.717, 1.165) is 16.7 Å². The van der Waals surface area contributed by atoms with E-state index >= 15 is 0 Å². The van der Waals surface area contributed by atoms with Gasteiger partial charge in [-0.25, -0.2) is 0 Å². The molecule has 0 bridgehead atoms. The number of ether oxygens (including phenoxy) is 1. The number of phenolic OH excluding ortho intramolecular Hbond substituents is 1. The maximum atomic E-state index is 12.0. The van der Waals surface area contributed by atoms with Crippen LogP contribution >= 0.6 is 23.2 Å². The standard InChI is InChI=1S/C22H21Cl2N3O3.C2H6/c1-13(2)16-8-14(5-6-20(16)28)9-17-18(23)10-15(11-19(17)24)30-12-22(29)26-21-4-3-7-25-27-21;1-2/h3-8,10-11,13,28H,9,12H2,1-2H3,(H,26,27,29);1-2H3. The number of nitrogens with zero attached hydrogens (tertiary/aromatic N) is 2. The highest BCUT2D eigenvalue weighted by atomic mass is 35.5. The van der Waals surface area contributed by atoms with E-state index in [9.17, 15) is 9.90 Å². The summed E-state index contributed by atoms with van der Waals surface area (Å²) in [4.78, 5) is 12.0.